The molecule has 0 atom stereocenters. The van der Waals surface area contributed by atoms with E-state index >= 15 is 0 Å². The topological polar surface area (TPSA) is 38.0 Å². The molecule has 8 aromatic carbocycles. The summed E-state index contributed by atoms with van der Waals surface area (Å²) in [5.41, 5.74) is 10.3. The Morgan fingerprint density at radius 3 is 1.43 bits per heavy atom. The molecule has 0 N–H and O–H groups in total. The van der Waals surface area contributed by atoms with Crippen LogP contribution in [0.1, 0.15) is 5.56 Å². The van der Waals surface area contributed by atoms with Gasteiger partial charge in [-0.2, -0.15) is 5.26 Å². The minimum absolute atomic E-state index is 0.586. The van der Waals surface area contributed by atoms with Gasteiger partial charge in [0.2, 0.25) is 0 Å². The first-order chi connectivity index (χ1) is 27.6. The van der Waals surface area contributed by atoms with Crippen LogP contribution < -0.4 is 0 Å². The highest BCUT2D eigenvalue weighted by Crippen LogP contribution is 2.43. The van der Waals surface area contributed by atoms with Crippen molar-refractivity contribution in [2.75, 3.05) is 0 Å². The fourth-order valence-corrected chi connectivity index (χ4v) is 10.9. The summed E-state index contributed by atoms with van der Waals surface area (Å²) in [6, 6.07) is 58.7. The lowest BCUT2D eigenvalue weighted by Gasteiger charge is -2.09. The predicted molar refractivity (Wildman–Crippen MR) is 237 cm³/mol. The molecule has 6 heteroatoms. The van der Waals surface area contributed by atoms with Gasteiger partial charge in [-0.05, 0) is 120 Å². The molecule has 4 heterocycles. The third kappa shape index (κ3) is 4.43. The van der Waals surface area contributed by atoms with Crippen LogP contribution in [0, 0.1) is 17.9 Å². The molecule has 0 bridgehead atoms. The summed E-state index contributed by atoms with van der Waals surface area (Å²) >= 11 is 3.67. The molecular formula is C50H26N4S2. The van der Waals surface area contributed by atoms with Crippen LogP contribution in [0.15, 0.2) is 158 Å². The summed E-state index contributed by atoms with van der Waals surface area (Å²) in [4.78, 5) is 3.69. The Balaban J connectivity index is 1.01. The molecule has 4 aromatic heterocycles. The van der Waals surface area contributed by atoms with Crippen molar-refractivity contribution >= 4 is 112 Å². The van der Waals surface area contributed by atoms with E-state index in [4.69, 9.17) is 6.57 Å². The first-order valence-corrected chi connectivity index (χ1v) is 20.0. The van der Waals surface area contributed by atoms with Crippen molar-refractivity contribution in [3.63, 3.8) is 0 Å². The van der Waals surface area contributed by atoms with Crippen molar-refractivity contribution in [2.24, 2.45) is 0 Å². The lowest BCUT2D eigenvalue weighted by molar-refractivity contribution is 1.19. The van der Waals surface area contributed by atoms with Gasteiger partial charge in [-0.3, -0.25) is 0 Å². The fraction of sp³-hybridized carbons (Fsp3) is 0. The average Bonchev–Trinajstić information content (AvgIpc) is 3.99. The van der Waals surface area contributed by atoms with E-state index in [1.54, 1.807) is 0 Å². The summed E-state index contributed by atoms with van der Waals surface area (Å²) in [5.74, 6) is 0. The van der Waals surface area contributed by atoms with Crippen LogP contribution in [0.4, 0.5) is 5.69 Å². The van der Waals surface area contributed by atoms with Crippen LogP contribution >= 0.6 is 22.7 Å². The van der Waals surface area contributed by atoms with Gasteiger partial charge in [0.25, 0.3) is 0 Å². The highest BCUT2D eigenvalue weighted by molar-refractivity contribution is 7.26. The monoisotopic (exact) mass is 746 g/mol. The molecule has 0 amide bonds. The van der Waals surface area contributed by atoms with Gasteiger partial charge in [0.15, 0.2) is 5.69 Å². The molecule has 56 heavy (non-hydrogen) atoms. The van der Waals surface area contributed by atoms with E-state index < -0.39 is 0 Å². The first kappa shape index (κ1) is 31.2. The van der Waals surface area contributed by atoms with Crippen molar-refractivity contribution in [2.45, 2.75) is 0 Å². The standard InChI is InChI=1S/C50H26N4S2/c1-52-32-13-17-46-38(25-32)37-22-29(28-51)10-16-45(37)54(46)34-15-21-50-42(27-34)40-24-31(12-19-48(40)56-50)30-11-18-47-39(23-30)41-26-33(14-20-49(41)55-47)53-43-8-4-2-6-35(43)36-7-3-5-9-44(36)53/h2-27H. The van der Waals surface area contributed by atoms with Gasteiger partial charge in [-0.1, -0.05) is 54.6 Å². The van der Waals surface area contributed by atoms with Crippen LogP contribution in [-0.2, 0) is 0 Å². The summed E-state index contributed by atoms with van der Waals surface area (Å²) in [7, 11) is 0. The number of hydrogen-bond donors (Lipinski definition) is 0. The lowest BCUT2D eigenvalue weighted by atomic mass is 10.0. The zero-order valence-electron chi connectivity index (χ0n) is 29.6. The Labute approximate surface area is 328 Å². The molecule has 258 valence electrons. The predicted octanol–water partition coefficient (Wildman–Crippen LogP) is 14.7. The van der Waals surface area contributed by atoms with Crippen LogP contribution in [0.5, 0.6) is 0 Å². The molecule has 0 saturated heterocycles. The smallest absolute Gasteiger partial charge is 0.188 e. The summed E-state index contributed by atoms with van der Waals surface area (Å²) in [6.45, 7) is 7.62. The van der Waals surface area contributed by atoms with Crippen molar-refractivity contribution in [3.05, 3.63) is 175 Å². The van der Waals surface area contributed by atoms with Crippen molar-refractivity contribution in [1.82, 2.24) is 9.13 Å². The van der Waals surface area contributed by atoms with Crippen molar-refractivity contribution in [1.29, 1.82) is 5.26 Å². The van der Waals surface area contributed by atoms with Gasteiger partial charge in [-0.15, -0.1) is 22.7 Å². The molecule has 0 aliphatic rings. The minimum Gasteiger partial charge on any atom is -0.309 e. The zero-order valence-corrected chi connectivity index (χ0v) is 31.2. The number of nitrogens with zero attached hydrogens (tertiary/aromatic N) is 4. The van der Waals surface area contributed by atoms with Gasteiger partial charge in [0.1, 0.15) is 0 Å². The normalized spacial score (nSPS) is 11.9. The number of thiophene rings is 2. The average molecular weight is 747 g/mol. The van der Waals surface area contributed by atoms with Crippen LogP contribution in [0.2, 0.25) is 0 Å². The van der Waals surface area contributed by atoms with E-state index in [9.17, 15) is 5.26 Å². The van der Waals surface area contributed by atoms with E-state index in [-0.39, 0.29) is 0 Å². The Kier molecular flexibility index (Phi) is 6.48. The Morgan fingerprint density at radius 2 is 0.893 bits per heavy atom. The van der Waals surface area contributed by atoms with E-state index in [0.717, 1.165) is 27.5 Å². The third-order valence-corrected chi connectivity index (χ3v) is 13.6. The maximum Gasteiger partial charge on any atom is 0.188 e. The number of rotatable bonds is 3. The molecule has 12 aromatic rings. The molecule has 0 saturated carbocycles. The number of nitriles is 1. The van der Waals surface area contributed by atoms with Crippen molar-refractivity contribution < 1.29 is 0 Å². The van der Waals surface area contributed by atoms with E-state index in [1.807, 2.05) is 59.1 Å². The summed E-state index contributed by atoms with van der Waals surface area (Å²) < 4.78 is 9.71. The summed E-state index contributed by atoms with van der Waals surface area (Å²) in [6.07, 6.45) is 0. The second-order valence-corrected chi connectivity index (χ2v) is 16.5. The van der Waals surface area contributed by atoms with Crippen LogP contribution in [0.25, 0.3) is 111 Å². The second kappa shape index (κ2) is 11.6. The van der Waals surface area contributed by atoms with Gasteiger partial charge < -0.3 is 9.13 Å². The molecule has 0 radical (unpaired) electrons. The second-order valence-electron chi connectivity index (χ2n) is 14.3. The zero-order chi connectivity index (χ0) is 37.1. The maximum atomic E-state index is 9.69. The number of benzene rings is 8. The number of aromatic nitrogens is 2. The van der Waals surface area contributed by atoms with Crippen molar-refractivity contribution in [3.8, 4) is 28.6 Å². The number of hydrogen-bond acceptors (Lipinski definition) is 3. The van der Waals surface area contributed by atoms with Crippen LogP contribution in [0.3, 0.4) is 0 Å². The summed E-state index contributed by atoms with van der Waals surface area (Å²) in [5, 5.41) is 19.2. The van der Waals surface area contributed by atoms with Gasteiger partial charge in [0, 0.05) is 67.9 Å². The van der Waals surface area contributed by atoms with E-state index in [2.05, 4.69) is 141 Å². The molecule has 0 aliphatic heterocycles. The molecule has 0 aliphatic carbocycles. The lowest BCUT2D eigenvalue weighted by Crippen LogP contribution is -1.93. The molecule has 0 fully saturated rings. The van der Waals surface area contributed by atoms with Gasteiger partial charge in [0.05, 0.1) is 40.3 Å². The maximum absolute atomic E-state index is 9.69. The number of fused-ring (bicyclic) bond motifs is 12. The fourth-order valence-electron chi connectivity index (χ4n) is 8.80. The van der Waals surface area contributed by atoms with Gasteiger partial charge >= 0.3 is 0 Å². The molecular weight excluding hydrogens is 721 g/mol. The SMILES string of the molecule is [C-]#[N+]c1ccc2c(c1)c1cc(C#N)ccc1n2-c1ccc2sc3ccc(-c4ccc5sc6ccc(-n7c8ccccc8c8ccccc87)cc6c5c4)cc3c2c1. The molecule has 12 rings (SSSR count). The Morgan fingerprint density at radius 1 is 0.429 bits per heavy atom. The van der Waals surface area contributed by atoms with E-state index in [1.165, 1.54) is 79.0 Å². The van der Waals surface area contributed by atoms with Gasteiger partial charge in [-0.25, -0.2) is 4.85 Å². The molecule has 0 unspecified atom stereocenters. The minimum atomic E-state index is 0.586. The highest BCUT2D eigenvalue weighted by Gasteiger charge is 2.17. The molecule has 0 spiro atoms. The first-order valence-electron chi connectivity index (χ1n) is 18.4. The number of para-hydroxylation sites is 2. The third-order valence-electron chi connectivity index (χ3n) is 11.3. The Hall–Kier alpha value is -7.22. The highest BCUT2D eigenvalue weighted by atomic mass is 32.1. The molecule has 4 nitrogen and oxygen atoms in total. The van der Waals surface area contributed by atoms with E-state index in [0.29, 0.717) is 11.3 Å². The largest absolute Gasteiger partial charge is 0.309 e. The quantitative estimate of drug-likeness (QED) is 0.166. The van der Waals surface area contributed by atoms with Crippen LogP contribution in [-0.4, -0.2) is 9.13 Å². The Bertz CT molecular complexity index is 3620.